The maximum Gasteiger partial charge on any atom is 0.273 e. The number of fused-ring (bicyclic) bond motifs is 1. The minimum absolute atomic E-state index is 0.0393. The zero-order chi connectivity index (χ0) is 22.3. The predicted octanol–water partition coefficient (Wildman–Crippen LogP) is 4.96. The molecule has 162 valence electrons. The summed E-state index contributed by atoms with van der Waals surface area (Å²) < 4.78 is 14.4. The van der Waals surface area contributed by atoms with Crippen LogP contribution < -0.4 is 0 Å². The molecule has 0 N–H and O–H groups in total. The fourth-order valence-corrected chi connectivity index (χ4v) is 5.44. The minimum Gasteiger partial charge on any atom is -0.272 e. The van der Waals surface area contributed by atoms with Gasteiger partial charge in [-0.15, -0.1) is 0 Å². The summed E-state index contributed by atoms with van der Waals surface area (Å²) in [5, 5.41) is 2.42. The smallest absolute Gasteiger partial charge is 0.272 e. The van der Waals surface area contributed by atoms with E-state index in [2.05, 4.69) is 31.9 Å². The van der Waals surface area contributed by atoms with Crippen molar-refractivity contribution in [2.45, 2.75) is 29.0 Å². The van der Waals surface area contributed by atoms with Gasteiger partial charge in [-0.05, 0) is 43.2 Å². The van der Waals surface area contributed by atoms with Gasteiger partial charge in [0.05, 0.1) is 18.4 Å². The van der Waals surface area contributed by atoms with E-state index in [1.54, 1.807) is 18.2 Å². The van der Waals surface area contributed by atoms with Crippen molar-refractivity contribution in [2.24, 2.45) is 11.8 Å². The molecule has 1 heterocycles. The first-order valence-corrected chi connectivity index (χ1v) is 12.0. The van der Waals surface area contributed by atoms with Gasteiger partial charge in [0, 0.05) is 25.8 Å². The number of halogens is 4. The molecule has 0 aromatic heterocycles. The van der Waals surface area contributed by atoms with Gasteiger partial charge >= 0.3 is 0 Å². The number of hydrazine groups is 1. The minimum atomic E-state index is -0.578. The Morgan fingerprint density at radius 1 is 1.00 bits per heavy atom. The van der Waals surface area contributed by atoms with E-state index in [1.807, 2.05) is 0 Å². The highest BCUT2D eigenvalue weighted by molar-refractivity contribution is 9.12. The Morgan fingerprint density at radius 2 is 1.55 bits per heavy atom. The van der Waals surface area contributed by atoms with Crippen molar-refractivity contribution in [1.82, 2.24) is 10.0 Å². The van der Waals surface area contributed by atoms with Crippen molar-refractivity contribution in [1.29, 1.82) is 0 Å². The summed E-state index contributed by atoms with van der Waals surface area (Å²) in [4.78, 5) is 40.0. The number of benzene rings is 2. The summed E-state index contributed by atoms with van der Waals surface area (Å²) >= 11 is 13.0. The van der Waals surface area contributed by atoms with E-state index in [-0.39, 0.29) is 27.3 Å². The molecule has 31 heavy (non-hydrogen) atoms. The predicted molar refractivity (Wildman–Crippen MR) is 121 cm³/mol. The fraction of sp³-hybridized carbons (Fsp3) is 0.318. The SMILES string of the molecule is O=C(c1ccc(Cl)cc1)N(Cc1ccccc1F)N1C(=O)[C@@H]2C[C@H](Br)[C@@H](Br)C[C@H]2C1=O. The molecule has 4 atom stereocenters. The van der Waals surface area contributed by atoms with Crippen molar-refractivity contribution in [3.63, 3.8) is 0 Å². The van der Waals surface area contributed by atoms with E-state index in [4.69, 9.17) is 11.6 Å². The van der Waals surface area contributed by atoms with Gasteiger partial charge < -0.3 is 0 Å². The first-order chi connectivity index (χ1) is 14.8. The van der Waals surface area contributed by atoms with E-state index < -0.39 is 35.4 Å². The highest BCUT2D eigenvalue weighted by atomic mass is 79.9. The van der Waals surface area contributed by atoms with Gasteiger partial charge in [-0.1, -0.05) is 61.7 Å². The van der Waals surface area contributed by atoms with Crippen LogP contribution in [-0.2, 0) is 16.1 Å². The maximum absolute atomic E-state index is 14.4. The van der Waals surface area contributed by atoms with E-state index in [1.165, 1.54) is 30.3 Å². The Kier molecular flexibility index (Phi) is 6.51. The van der Waals surface area contributed by atoms with Crippen LogP contribution in [0.4, 0.5) is 4.39 Å². The zero-order valence-electron chi connectivity index (χ0n) is 16.2. The van der Waals surface area contributed by atoms with Crippen LogP contribution in [0.3, 0.4) is 0 Å². The Labute approximate surface area is 200 Å². The number of hydrogen-bond donors (Lipinski definition) is 0. The maximum atomic E-state index is 14.4. The normalized spacial score (nSPS) is 25.5. The topological polar surface area (TPSA) is 57.7 Å². The second-order valence-electron chi connectivity index (χ2n) is 7.67. The van der Waals surface area contributed by atoms with Crippen LogP contribution in [-0.4, -0.2) is 37.4 Å². The van der Waals surface area contributed by atoms with Crippen molar-refractivity contribution < 1.29 is 18.8 Å². The van der Waals surface area contributed by atoms with E-state index in [9.17, 15) is 18.8 Å². The Morgan fingerprint density at radius 3 is 2.10 bits per heavy atom. The monoisotopic (exact) mass is 570 g/mol. The molecule has 5 nitrogen and oxygen atoms in total. The van der Waals surface area contributed by atoms with Crippen LogP contribution in [0.25, 0.3) is 0 Å². The summed E-state index contributed by atoms with van der Waals surface area (Å²) in [6.45, 7) is -0.249. The number of carbonyl (C=O) groups excluding carboxylic acids is 3. The molecule has 0 unspecified atom stereocenters. The molecule has 9 heteroatoms. The largest absolute Gasteiger partial charge is 0.273 e. The summed E-state index contributed by atoms with van der Waals surface area (Å²) in [6, 6.07) is 12.1. The third kappa shape index (κ3) is 4.30. The van der Waals surface area contributed by atoms with Crippen LogP contribution >= 0.6 is 43.5 Å². The summed E-state index contributed by atoms with van der Waals surface area (Å²) in [5.41, 5.74) is 0.449. The first kappa shape index (κ1) is 22.4. The van der Waals surface area contributed by atoms with Gasteiger partial charge in [0.2, 0.25) is 0 Å². The number of rotatable bonds is 4. The summed E-state index contributed by atoms with van der Waals surface area (Å²) in [5.74, 6) is -3.01. The van der Waals surface area contributed by atoms with E-state index in [0.717, 1.165) is 10.0 Å². The summed E-state index contributed by atoms with van der Waals surface area (Å²) in [7, 11) is 0. The van der Waals surface area contributed by atoms with Crippen LogP contribution in [0.2, 0.25) is 5.02 Å². The fourth-order valence-electron chi connectivity index (χ4n) is 4.08. The van der Waals surface area contributed by atoms with Gasteiger partial charge in [0.25, 0.3) is 17.7 Å². The van der Waals surface area contributed by atoms with Gasteiger partial charge in [-0.2, -0.15) is 5.01 Å². The molecule has 2 aromatic rings. The molecule has 1 aliphatic carbocycles. The molecule has 1 saturated heterocycles. The number of imide groups is 1. The second-order valence-corrected chi connectivity index (χ2v) is 10.5. The number of nitrogens with zero attached hydrogens (tertiary/aromatic N) is 2. The highest BCUT2D eigenvalue weighted by Crippen LogP contribution is 2.44. The van der Waals surface area contributed by atoms with Gasteiger partial charge in [0.1, 0.15) is 5.82 Å². The lowest BCUT2D eigenvalue weighted by Gasteiger charge is -2.30. The quantitative estimate of drug-likeness (QED) is 0.385. The van der Waals surface area contributed by atoms with Crippen molar-refractivity contribution >= 4 is 61.2 Å². The van der Waals surface area contributed by atoms with Crippen LogP contribution in [0.1, 0.15) is 28.8 Å². The lowest BCUT2D eigenvalue weighted by Crippen LogP contribution is -2.50. The van der Waals surface area contributed by atoms with E-state index >= 15 is 0 Å². The summed E-state index contributed by atoms with van der Waals surface area (Å²) in [6.07, 6.45) is 0.953. The molecular weight excluding hydrogens is 555 g/mol. The lowest BCUT2D eigenvalue weighted by molar-refractivity contribution is -0.155. The van der Waals surface area contributed by atoms with Crippen LogP contribution in [0.5, 0.6) is 0 Å². The molecule has 2 aromatic carbocycles. The third-order valence-corrected chi connectivity index (χ3v) is 8.72. The van der Waals surface area contributed by atoms with Crippen molar-refractivity contribution in [2.75, 3.05) is 0 Å². The van der Waals surface area contributed by atoms with Gasteiger partial charge in [0.15, 0.2) is 0 Å². The molecule has 4 rings (SSSR count). The molecule has 1 saturated carbocycles. The molecule has 0 bridgehead atoms. The lowest BCUT2D eigenvalue weighted by atomic mass is 9.81. The second kappa shape index (κ2) is 9.00. The Bertz CT molecular complexity index is 1010. The van der Waals surface area contributed by atoms with Crippen molar-refractivity contribution in [3.8, 4) is 0 Å². The van der Waals surface area contributed by atoms with Gasteiger partial charge in [-0.25, -0.2) is 9.40 Å². The molecular formula is C22H18Br2ClFN2O3. The number of hydrogen-bond acceptors (Lipinski definition) is 3. The van der Waals surface area contributed by atoms with E-state index in [0.29, 0.717) is 17.9 Å². The zero-order valence-corrected chi connectivity index (χ0v) is 20.1. The molecule has 2 fully saturated rings. The number of alkyl halides is 2. The molecule has 0 radical (unpaired) electrons. The average Bonchev–Trinajstić information content (AvgIpc) is 2.98. The molecule has 0 spiro atoms. The number of amides is 3. The highest BCUT2D eigenvalue weighted by Gasteiger charge is 2.54. The third-order valence-electron chi connectivity index (χ3n) is 5.73. The Balaban J connectivity index is 1.72. The standard InChI is InChI=1S/C22H18Br2ClFN2O3/c23-17-9-15-16(10-18(17)24)22(31)28(21(15)30)27(11-13-3-1-2-4-19(13)26)20(29)12-5-7-14(25)8-6-12/h1-8,15-18H,9-11H2/t15-,16-,17+,18+/m1/s1. The molecule has 3 amide bonds. The van der Waals surface area contributed by atoms with Crippen LogP contribution in [0, 0.1) is 17.7 Å². The first-order valence-electron chi connectivity index (χ1n) is 9.74. The molecule has 2 aliphatic rings. The Hall–Kier alpha value is -1.77. The van der Waals surface area contributed by atoms with Gasteiger partial charge in [-0.3, -0.25) is 14.4 Å². The van der Waals surface area contributed by atoms with Crippen LogP contribution in [0.15, 0.2) is 48.5 Å². The van der Waals surface area contributed by atoms with Crippen molar-refractivity contribution in [3.05, 3.63) is 70.5 Å². The number of carbonyl (C=O) groups is 3. The average molecular weight is 573 g/mol. The molecule has 1 aliphatic heterocycles.